The summed E-state index contributed by atoms with van der Waals surface area (Å²) >= 11 is 3.32. The molecule has 15 heavy (non-hydrogen) atoms. The zero-order chi connectivity index (χ0) is 12.1. The lowest BCUT2D eigenvalue weighted by Crippen LogP contribution is -2.40. The first-order chi connectivity index (χ1) is 6.81. The van der Waals surface area contributed by atoms with Gasteiger partial charge in [-0.25, -0.2) is 8.42 Å². The van der Waals surface area contributed by atoms with Crippen LogP contribution in [-0.2, 0) is 10.0 Å². The molecule has 0 unspecified atom stereocenters. The van der Waals surface area contributed by atoms with E-state index in [0.717, 1.165) is 11.8 Å². The van der Waals surface area contributed by atoms with Crippen molar-refractivity contribution < 1.29 is 8.42 Å². The molecule has 0 aromatic heterocycles. The first-order valence-electron chi connectivity index (χ1n) is 5.36. The first kappa shape index (κ1) is 15.4. The lowest BCUT2D eigenvalue weighted by Gasteiger charge is -2.26. The van der Waals surface area contributed by atoms with Crippen molar-refractivity contribution in [1.82, 2.24) is 4.31 Å². The SMILES string of the molecule is CC(C)CS(=O)(=O)N(CCCBr)C(C)C. The molecule has 0 radical (unpaired) electrons. The van der Waals surface area contributed by atoms with E-state index in [-0.39, 0.29) is 17.7 Å². The highest BCUT2D eigenvalue weighted by atomic mass is 79.9. The van der Waals surface area contributed by atoms with Crippen molar-refractivity contribution in [3.63, 3.8) is 0 Å². The maximum Gasteiger partial charge on any atom is 0.214 e. The molecule has 0 atom stereocenters. The Labute approximate surface area is 102 Å². The number of hydrogen-bond acceptors (Lipinski definition) is 2. The normalized spacial score (nSPS) is 13.1. The number of rotatable bonds is 7. The Morgan fingerprint density at radius 2 is 1.73 bits per heavy atom. The fourth-order valence-electron chi connectivity index (χ4n) is 1.45. The Hall–Kier alpha value is 0.390. The van der Waals surface area contributed by atoms with Crippen LogP contribution < -0.4 is 0 Å². The summed E-state index contributed by atoms with van der Waals surface area (Å²) in [5, 5.41) is 0.841. The summed E-state index contributed by atoms with van der Waals surface area (Å²) in [6, 6.07) is 0.0489. The maximum atomic E-state index is 12.0. The quantitative estimate of drug-likeness (QED) is 0.677. The molecule has 0 aliphatic rings. The smallest absolute Gasteiger partial charge is 0.212 e. The van der Waals surface area contributed by atoms with Gasteiger partial charge in [-0.1, -0.05) is 29.8 Å². The van der Waals surface area contributed by atoms with Gasteiger partial charge in [0.1, 0.15) is 0 Å². The largest absolute Gasteiger partial charge is 0.214 e. The third-order valence-corrected chi connectivity index (χ3v) is 4.96. The van der Waals surface area contributed by atoms with E-state index in [9.17, 15) is 8.42 Å². The molecule has 0 amide bonds. The van der Waals surface area contributed by atoms with Crippen molar-refractivity contribution in [1.29, 1.82) is 0 Å². The summed E-state index contributed by atoms with van der Waals surface area (Å²) in [5.41, 5.74) is 0. The van der Waals surface area contributed by atoms with Gasteiger partial charge in [0.2, 0.25) is 10.0 Å². The molecule has 92 valence electrons. The van der Waals surface area contributed by atoms with Gasteiger partial charge in [0.05, 0.1) is 5.75 Å². The number of halogens is 1. The van der Waals surface area contributed by atoms with Gasteiger partial charge < -0.3 is 0 Å². The lowest BCUT2D eigenvalue weighted by atomic mass is 10.3. The third kappa shape index (κ3) is 5.88. The van der Waals surface area contributed by atoms with Gasteiger partial charge in [-0.3, -0.25) is 0 Å². The molecule has 0 aliphatic carbocycles. The molecule has 3 nitrogen and oxygen atoms in total. The zero-order valence-electron chi connectivity index (χ0n) is 10.0. The predicted octanol–water partition coefficient (Wildman–Crippen LogP) is 2.47. The number of alkyl halides is 1. The molecule has 0 saturated carbocycles. The molecule has 0 saturated heterocycles. The topological polar surface area (TPSA) is 37.4 Å². The van der Waals surface area contributed by atoms with Crippen molar-refractivity contribution in [3.05, 3.63) is 0 Å². The second-order valence-electron chi connectivity index (χ2n) is 4.42. The van der Waals surface area contributed by atoms with Crippen molar-refractivity contribution >= 4 is 26.0 Å². The molecule has 5 heteroatoms. The van der Waals surface area contributed by atoms with Crippen LogP contribution in [0.3, 0.4) is 0 Å². The predicted molar refractivity (Wildman–Crippen MR) is 68.9 cm³/mol. The Balaban J connectivity index is 4.60. The standard InChI is InChI=1S/C10H22BrNO2S/c1-9(2)8-15(13,14)12(10(3)4)7-5-6-11/h9-10H,5-8H2,1-4H3. The summed E-state index contributed by atoms with van der Waals surface area (Å²) in [6.07, 6.45) is 0.857. The molecule has 0 aromatic rings. The minimum Gasteiger partial charge on any atom is -0.212 e. The summed E-state index contributed by atoms with van der Waals surface area (Å²) in [7, 11) is -3.08. The average Bonchev–Trinajstić information content (AvgIpc) is 2.00. The van der Waals surface area contributed by atoms with Crippen LogP contribution in [0.5, 0.6) is 0 Å². The minimum atomic E-state index is -3.08. The van der Waals surface area contributed by atoms with Gasteiger partial charge in [0.15, 0.2) is 0 Å². The van der Waals surface area contributed by atoms with Crippen LogP contribution in [0.15, 0.2) is 0 Å². The fraction of sp³-hybridized carbons (Fsp3) is 1.00. The Morgan fingerprint density at radius 3 is 2.07 bits per heavy atom. The van der Waals surface area contributed by atoms with Crippen LogP contribution in [-0.4, -0.2) is 36.4 Å². The summed E-state index contributed by atoms with van der Waals surface area (Å²) in [6.45, 7) is 8.32. The number of sulfonamides is 1. The second kappa shape index (κ2) is 6.86. The average molecular weight is 300 g/mol. The van der Waals surface area contributed by atoms with E-state index in [0.29, 0.717) is 6.54 Å². The highest BCUT2D eigenvalue weighted by Gasteiger charge is 2.24. The monoisotopic (exact) mass is 299 g/mol. The van der Waals surface area contributed by atoms with E-state index >= 15 is 0 Å². The fourth-order valence-corrected chi connectivity index (χ4v) is 3.79. The molecule has 0 aromatic carbocycles. The van der Waals surface area contributed by atoms with Crippen molar-refractivity contribution in [3.8, 4) is 0 Å². The molecule has 0 N–H and O–H groups in total. The second-order valence-corrected chi connectivity index (χ2v) is 7.18. The maximum absolute atomic E-state index is 12.0. The highest BCUT2D eigenvalue weighted by molar-refractivity contribution is 9.09. The molecular weight excluding hydrogens is 278 g/mol. The molecular formula is C10H22BrNO2S. The van der Waals surface area contributed by atoms with Gasteiger partial charge in [-0.2, -0.15) is 4.31 Å². The highest BCUT2D eigenvalue weighted by Crippen LogP contribution is 2.12. The van der Waals surface area contributed by atoms with Gasteiger partial charge >= 0.3 is 0 Å². The molecule has 0 heterocycles. The van der Waals surface area contributed by atoms with E-state index in [1.54, 1.807) is 4.31 Å². The molecule has 0 fully saturated rings. The Morgan fingerprint density at radius 1 is 1.20 bits per heavy atom. The van der Waals surface area contributed by atoms with Crippen LogP contribution in [0, 0.1) is 5.92 Å². The zero-order valence-corrected chi connectivity index (χ0v) is 12.4. The minimum absolute atomic E-state index is 0.0489. The summed E-state index contributed by atoms with van der Waals surface area (Å²) in [4.78, 5) is 0. The van der Waals surface area contributed by atoms with E-state index < -0.39 is 10.0 Å². The lowest BCUT2D eigenvalue weighted by molar-refractivity contribution is 0.353. The Kier molecular flexibility index (Phi) is 7.04. The Bertz CT molecular complexity index is 263. The van der Waals surface area contributed by atoms with Gasteiger partial charge in [-0.05, 0) is 26.2 Å². The van der Waals surface area contributed by atoms with Crippen molar-refractivity contribution in [2.24, 2.45) is 5.92 Å². The van der Waals surface area contributed by atoms with Crippen LogP contribution >= 0.6 is 15.9 Å². The van der Waals surface area contributed by atoms with Crippen molar-refractivity contribution in [2.45, 2.75) is 40.2 Å². The summed E-state index contributed by atoms with van der Waals surface area (Å²) < 4.78 is 25.6. The molecule has 0 rings (SSSR count). The third-order valence-electron chi connectivity index (χ3n) is 1.99. The molecule has 0 spiro atoms. The van der Waals surface area contributed by atoms with E-state index in [2.05, 4.69) is 15.9 Å². The molecule has 0 aliphatic heterocycles. The van der Waals surface area contributed by atoms with Crippen molar-refractivity contribution in [2.75, 3.05) is 17.6 Å². The number of nitrogens with zero attached hydrogens (tertiary/aromatic N) is 1. The van der Waals surface area contributed by atoms with Crippen LogP contribution in [0.1, 0.15) is 34.1 Å². The van der Waals surface area contributed by atoms with E-state index in [1.807, 2.05) is 27.7 Å². The number of hydrogen-bond donors (Lipinski definition) is 0. The first-order valence-corrected chi connectivity index (χ1v) is 8.09. The van der Waals surface area contributed by atoms with Crippen LogP contribution in [0.2, 0.25) is 0 Å². The van der Waals surface area contributed by atoms with Gasteiger partial charge in [0.25, 0.3) is 0 Å². The van der Waals surface area contributed by atoms with E-state index in [1.165, 1.54) is 0 Å². The van der Waals surface area contributed by atoms with Gasteiger partial charge in [-0.15, -0.1) is 0 Å². The summed E-state index contributed by atoms with van der Waals surface area (Å²) in [5.74, 6) is 0.424. The van der Waals surface area contributed by atoms with E-state index in [4.69, 9.17) is 0 Å². The van der Waals surface area contributed by atoms with Crippen LogP contribution in [0.25, 0.3) is 0 Å². The van der Waals surface area contributed by atoms with Crippen LogP contribution in [0.4, 0.5) is 0 Å². The van der Waals surface area contributed by atoms with Gasteiger partial charge in [0, 0.05) is 17.9 Å². The molecule has 0 bridgehead atoms.